The van der Waals surface area contributed by atoms with Gasteiger partial charge in [-0.1, -0.05) is 6.07 Å². The molecule has 0 aliphatic carbocycles. The molecule has 0 fully saturated rings. The number of rotatable bonds is 2. The van der Waals surface area contributed by atoms with Crippen LogP contribution >= 0.6 is 0 Å². The van der Waals surface area contributed by atoms with Crippen LogP contribution in [-0.2, 0) is 0 Å². The van der Waals surface area contributed by atoms with Crippen molar-refractivity contribution in [3.05, 3.63) is 41.5 Å². The summed E-state index contributed by atoms with van der Waals surface area (Å²) >= 11 is 0. The zero-order valence-electron chi connectivity index (χ0n) is 11.4. The number of methoxy groups -OCH3 is 1. The van der Waals surface area contributed by atoms with Crippen LogP contribution in [0.1, 0.15) is 20.7 Å². The van der Waals surface area contributed by atoms with Crippen LogP contribution in [0.15, 0.2) is 35.0 Å². The first-order chi connectivity index (χ1) is 10.7. The SMILES string of the molecule is COc1c(-c2ccc3nonc3c2)ccc2c1C(=O)NC2=O. The molecule has 0 saturated carbocycles. The van der Waals surface area contributed by atoms with Gasteiger partial charge in [0.15, 0.2) is 0 Å². The van der Waals surface area contributed by atoms with Crippen molar-refractivity contribution in [1.82, 2.24) is 15.6 Å². The summed E-state index contributed by atoms with van der Waals surface area (Å²) < 4.78 is 10.1. The Kier molecular flexibility index (Phi) is 2.50. The lowest BCUT2D eigenvalue weighted by Gasteiger charge is -2.11. The molecular weight excluding hydrogens is 286 g/mol. The first-order valence-electron chi connectivity index (χ1n) is 6.48. The Morgan fingerprint density at radius 2 is 1.77 bits per heavy atom. The van der Waals surface area contributed by atoms with Gasteiger partial charge < -0.3 is 4.74 Å². The summed E-state index contributed by atoms with van der Waals surface area (Å²) in [4.78, 5) is 23.7. The first-order valence-corrected chi connectivity index (χ1v) is 6.48. The third kappa shape index (κ3) is 1.62. The molecule has 2 aromatic carbocycles. The molecule has 2 amide bonds. The molecule has 108 valence electrons. The van der Waals surface area contributed by atoms with Crippen molar-refractivity contribution in [2.75, 3.05) is 7.11 Å². The van der Waals surface area contributed by atoms with Gasteiger partial charge in [0.2, 0.25) is 0 Å². The number of ether oxygens (including phenoxy) is 1. The van der Waals surface area contributed by atoms with Crippen molar-refractivity contribution in [1.29, 1.82) is 0 Å². The zero-order valence-corrected chi connectivity index (χ0v) is 11.4. The third-order valence-corrected chi connectivity index (χ3v) is 3.63. The second kappa shape index (κ2) is 4.39. The predicted octanol–water partition coefficient (Wildman–Crippen LogP) is 1.78. The molecule has 1 aromatic heterocycles. The summed E-state index contributed by atoms with van der Waals surface area (Å²) in [6, 6.07) is 8.72. The minimum Gasteiger partial charge on any atom is -0.495 e. The van der Waals surface area contributed by atoms with Crippen LogP contribution in [0.25, 0.3) is 22.2 Å². The highest BCUT2D eigenvalue weighted by Gasteiger charge is 2.32. The van der Waals surface area contributed by atoms with E-state index in [4.69, 9.17) is 4.74 Å². The molecule has 0 radical (unpaired) electrons. The van der Waals surface area contributed by atoms with Gasteiger partial charge in [-0.2, -0.15) is 0 Å². The van der Waals surface area contributed by atoms with Crippen LogP contribution in [0.2, 0.25) is 0 Å². The average Bonchev–Trinajstić information content (AvgIpc) is 3.10. The lowest BCUT2D eigenvalue weighted by atomic mass is 9.98. The fraction of sp³-hybridized carbons (Fsp3) is 0.0667. The maximum Gasteiger partial charge on any atom is 0.262 e. The molecule has 2 heterocycles. The van der Waals surface area contributed by atoms with Crippen molar-refractivity contribution >= 4 is 22.8 Å². The first kappa shape index (κ1) is 12.5. The van der Waals surface area contributed by atoms with Gasteiger partial charge in [-0.15, -0.1) is 0 Å². The minimum absolute atomic E-state index is 0.253. The van der Waals surface area contributed by atoms with Crippen LogP contribution in [-0.4, -0.2) is 29.2 Å². The van der Waals surface area contributed by atoms with E-state index < -0.39 is 11.8 Å². The van der Waals surface area contributed by atoms with E-state index in [9.17, 15) is 9.59 Å². The third-order valence-electron chi connectivity index (χ3n) is 3.63. The van der Waals surface area contributed by atoms with E-state index in [1.165, 1.54) is 7.11 Å². The number of benzene rings is 2. The Morgan fingerprint density at radius 1 is 1.00 bits per heavy atom. The quantitative estimate of drug-likeness (QED) is 0.724. The Balaban J connectivity index is 1.97. The van der Waals surface area contributed by atoms with E-state index in [2.05, 4.69) is 20.3 Å². The molecule has 0 atom stereocenters. The molecule has 7 nitrogen and oxygen atoms in total. The van der Waals surface area contributed by atoms with Crippen molar-refractivity contribution in [2.45, 2.75) is 0 Å². The Hall–Kier alpha value is -3.22. The molecule has 1 N–H and O–H groups in total. The summed E-state index contributed by atoms with van der Waals surface area (Å²) in [6.07, 6.45) is 0. The van der Waals surface area contributed by atoms with Crippen molar-refractivity contribution in [3.63, 3.8) is 0 Å². The van der Waals surface area contributed by atoms with Gasteiger partial charge in [0.1, 0.15) is 16.8 Å². The number of hydrogen-bond acceptors (Lipinski definition) is 6. The summed E-state index contributed by atoms with van der Waals surface area (Å²) in [6.45, 7) is 0. The van der Waals surface area contributed by atoms with Crippen molar-refractivity contribution < 1.29 is 19.0 Å². The molecule has 3 aromatic rings. The lowest BCUT2D eigenvalue weighted by Crippen LogP contribution is -2.20. The van der Waals surface area contributed by atoms with Crippen molar-refractivity contribution in [3.8, 4) is 16.9 Å². The Labute approximate surface area is 123 Å². The van der Waals surface area contributed by atoms with Crippen molar-refractivity contribution in [2.24, 2.45) is 0 Å². The Morgan fingerprint density at radius 3 is 2.59 bits per heavy atom. The van der Waals surface area contributed by atoms with Crippen LogP contribution in [0.3, 0.4) is 0 Å². The Bertz CT molecular complexity index is 945. The summed E-state index contributed by atoms with van der Waals surface area (Å²) in [7, 11) is 1.46. The largest absolute Gasteiger partial charge is 0.495 e. The van der Waals surface area contributed by atoms with E-state index >= 15 is 0 Å². The number of amides is 2. The number of nitrogens with zero attached hydrogens (tertiary/aromatic N) is 2. The van der Waals surface area contributed by atoms with Gasteiger partial charge in [0.05, 0.1) is 18.2 Å². The topological polar surface area (TPSA) is 94.3 Å². The molecule has 1 aliphatic rings. The molecule has 22 heavy (non-hydrogen) atoms. The average molecular weight is 295 g/mol. The van der Waals surface area contributed by atoms with Crippen LogP contribution in [0.5, 0.6) is 5.75 Å². The van der Waals surface area contributed by atoms with Crippen LogP contribution in [0.4, 0.5) is 0 Å². The highest BCUT2D eigenvalue weighted by atomic mass is 16.6. The molecule has 0 unspecified atom stereocenters. The van der Waals surface area contributed by atoms with Gasteiger partial charge in [-0.3, -0.25) is 14.9 Å². The highest BCUT2D eigenvalue weighted by molar-refractivity contribution is 6.23. The molecule has 0 saturated heterocycles. The van der Waals surface area contributed by atoms with E-state index in [0.717, 1.165) is 5.56 Å². The molecular formula is C15H9N3O4. The summed E-state index contributed by atoms with van der Waals surface area (Å²) in [5.41, 5.74) is 3.28. The fourth-order valence-corrected chi connectivity index (χ4v) is 2.62. The van der Waals surface area contributed by atoms with Gasteiger partial charge in [0, 0.05) is 5.56 Å². The number of carbonyl (C=O) groups is 2. The highest BCUT2D eigenvalue weighted by Crippen LogP contribution is 2.37. The minimum atomic E-state index is -0.456. The number of imide groups is 1. The number of hydrogen-bond donors (Lipinski definition) is 1. The monoisotopic (exact) mass is 295 g/mol. The van der Waals surface area contributed by atoms with Gasteiger partial charge in [-0.25, -0.2) is 4.63 Å². The maximum atomic E-state index is 12.0. The molecule has 7 heteroatoms. The van der Waals surface area contributed by atoms with E-state index in [-0.39, 0.29) is 5.56 Å². The van der Waals surface area contributed by atoms with Crippen LogP contribution < -0.4 is 10.1 Å². The van der Waals surface area contributed by atoms with E-state index in [1.807, 2.05) is 6.07 Å². The molecule has 0 bridgehead atoms. The van der Waals surface area contributed by atoms with Gasteiger partial charge in [0.25, 0.3) is 11.8 Å². The smallest absolute Gasteiger partial charge is 0.262 e. The second-order valence-corrected chi connectivity index (χ2v) is 4.82. The molecule has 4 rings (SSSR count). The maximum absolute atomic E-state index is 12.0. The lowest BCUT2D eigenvalue weighted by molar-refractivity contribution is 0.0879. The van der Waals surface area contributed by atoms with Crippen LogP contribution in [0, 0.1) is 0 Å². The molecule has 0 spiro atoms. The van der Waals surface area contributed by atoms with Gasteiger partial charge in [-0.05, 0) is 40.1 Å². The molecule has 1 aliphatic heterocycles. The standard InChI is InChI=1S/C15H9N3O4/c1-21-13-8(3-4-9-12(13)15(20)16-14(9)19)7-2-5-10-11(6-7)18-22-17-10/h2-6H,1H3,(H,16,19,20). The number of carbonyl (C=O) groups excluding carboxylic acids is 2. The van der Waals surface area contributed by atoms with E-state index in [0.29, 0.717) is 27.9 Å². The number of aromatic nitrogens is 2. The number of nitrogens with one attached hydrogen (secondary N) is 1. The fourth-order valence-electron chi connectivity index (χ4n) is 2.62. The predicted molar refractivity (Wildman–Crippen MR) is 75.6 cm³/mol. The normalized spacial score (nSPS) is 13.3. The second-order valence-electron chi connectivity index (χ2n) is 4.82. The zero-order chi connectivity index (χ0) is 15.3. The van der Waals surface area contributed by atoms with E-state index in [1.54, 1.807) is 24.3 Å². The summed E-state index contributed by atoms with van der Waals surface area (Å²) in [5, 5.41) is 9.82. The summed E-state index contributed by atoms with van der Waals surface area (Å²) in [5.74, 6) is -0.513. The van der Waals surface area contributed by atoms with Gasteiger partial charge >= 0.3 is 0 Å². The number of fused-ring (bicyclic) bond motifs is 2.